The highest BCUT2D eigenvalue weighted by Gasteiger charge is 2.18. The molecule has 1 amide bonds. The molecule has 6 nitrogen and oxygen atoms in total. The van der Waals surface area contributed by atoms with Crippen molar-refractivity contribution >= 4 is 22.7 Å². The molecule has 0 bridgehead atoms. The van der Waals surface area contributed by atoms with Gasteiger partial charge in [-0.25, -0.2) is 4.79 Å². The Hall–Kier alpha value is -2.37. The molecular weight excluding hydrogens is 270 g/mol. The van der Waals surface area contributed by atoms with Gasteiger partial charge in [0.1, 0.15) is 5.60 Å². The number of rotatable bonds is 2. The van der Waals surface area contributed by atoms with Crippen molar-refractivity contribution in [3.05, 3.63) is 24.3 Å². The maximum Gasteiger partial charge on any atom is 0.452 e. The summed E-state index contributed by atoms with van der Waals surface area (Å²) in [7, 11) is 0. The van der Waals surface area contributed by atoms with Crippen LogP contribution in [0.2, 0.25) is 0 Å². The van der Waals surface area contributed by atoms with Gasteiger partial charge in [-0.05, 0) is 33.8 Å². The van der Waals surface area contributed by atoms with Gasteiger partial charge >= 0.3 is 6.09 Å². The first-order valence-corrected chi connectivity index (χ1v) is 6.78. The first-order valence-electron chi connectivity index (χ1n) is 6.78. The van der Waals surface area contributed by atoms with Gasteiger partial charge in [-0.3, -0.25) is 0 Å². The summed E-state index contributed by atoms with van der Waals surface area (Å²) in [5, 5.41) is 18.4. The standard InChI is InChI=1S/C15H19N3O3/c1-5-18-11-9-7-6-8-10(11)12(13(18)19)16-17-14(20)21-15(2,3)4/h6-9,19H,5H2,1-4H3. The number of aryl methyl sites for hydroxylation is 1. The van der Waals surface area contributed by atoms with Crippen molar-refractivity contribution in [1.29, 1.82) is 0 Å². The molecule has 0 spiro atoms. The molecule has 0 unspecified atom stereocenters. The molecule has 0 aliphatic heterocycles. The largest absolute Gasteiger partial charge is 0.493 e. The van der Waals surface area contributed by atoms with Gasteiger partial charge < -0.3 is 14.4 Å². The number of amides is 1. The molecule has 0 radical (unpaired) electrons. The summed E-state index contributed by atoms with van der Waals surface area (Å²) in [6.45, 7) is 7.76. The number of azo groups is 1. The monoisotopic (exact) mass is 289 g/mol. The number of hydrogen-bond acceptors (Lipinski definition) is 4. The Bertz CT molecular complexity index is 696. The van der Waals surface area contributed by atoms with Crippen LogP contribution in [0.5, 0.6) is 5.88 Å². The van der Waals surface area contributed by atoms with Crippen molar-refractivity contribution in [2.45, 2.75) is 39.8 Å². The van der Waals surface area contributed by atoms with E-state index in [1.165, 1.54) is 0 Å². The molecule has 1 N–H and O–H groups in total. The third-order valence-corrected chi connectivity index (χ3v) is 2.86. The fourth-order valence-corrected chi connectivity index (χ4v) is 2.06. The Morgan fingerprint density at radius 3 is 2.62 bits per heavy atom. The molecule has 21 heavy (non-hydrogen) atoms. The molecular formula is C15H19N3O3. The maximum absolute atomic E-state index is 11.6. The van der Waals surface area contributed by atoms with E-state index in [-0.39, 0.29) is 11.6 Å². The van der Waals surface area contributed by atoms with Crippen LogP contribution in [0.25, 0.3) is 10.9 Å². The molecule has 0 atom stereocenters. The Kier molecular flexibility index (Phi) is 3.97. The van der Waals surface area contributed by atoms with E-state index in [9.17, 15) is 9.90 Å². The van der Waals surface area contributed by atoms with Gasteiger partial charge in [0.15, 0.2) is 5.69 Å². The van der Waals surface area contributed by atoms with E-state index >= 15 is 0 Å². The van der Waals surface area contributed by atoms with E-state index in [2.05, 4.69) is 10.2 Å². The Balaban J connectivity index is 2.39. The number of benzene rings is 1. The molecule has 0 aliphatic rings. The number of ether oxygens (including phenoxy) is 1. The molecule has 1 aromatic carbocycles. The van der Waals surface area contributed by atoms with Gasteiger partial charge in [0.05, 0.1) is 5.52 Å². The van der Waals surface area contributed by atoms with Crippen molar-refractivity contribution in [2.24, 2.45) is 10.2 Å². The molecule has 0 aliphatic carbocycles. The minimum atomic E-state index is -0.782. The molecule has 6 heteroatoms. The summed E-state index contributed by atoms with van der Waals surface area (Å²) in [6, 6.07) is 7.42. The predicted octanol–water partition coefficient (Wildman–Crippen LogP) is 4.39. The van der Waals surface area contributed by atoms with E-state index < -0.39 is 11.7 Å². The zero-order valence-electron chi connectivity index (χ0n) is 12.6. The number of carbonyl (C=O) groups excluding carboxylic acids is 1. The number of hydrogen-bond donors (Lipinski definition) is 1. The molecule has 2 aromatic rings. The van der Waals surface area contributed by atoms with Crippen LogP contribution < -0.4 is 0 Å². The van der Waals surface area contributed by atoms with Gasteiger partial charge in [-0.2, -0.15) is 0 Å². The third kappa shape index (κ3) is 3.21. The van der Waals surface area contributed by atoms with Crippen LogP contribution in [0.1, 0.15) is 27.7 Å². The summed E-state index contributed by atoms with van der Waals surface area (Å²) in [5.41, 5.74) is 0.490. The smallest absolute Gasteiger partial charge is 0.452 e. The number of nitrogens with zero attached hydrogens (tertiary/aromatic N) is 3. The van der Waals surface area contributed by atoms with Crippen molar-refractivity contribution in [3.63, 3.8) is 0 Å². The van der Waals surface area contributed by atoms with E-state index in [4.69, 9.17) is 4.74 Å². The second-order valence-electron chi connectivity index (χ2n) is 5.61. The summed E-state index contributed by atoms with van der Waals surface area (Å²) in [6.07, 6.45) is -0.782. The second-order valence-corrected chi connectivity index (χ2v) is 5.61. The Morgan fingerprint density at radius 1 is 1.33 bits per heavy atom. The molecule has 2 rings (SSSR count). The van der Waals surface area contributed by atoms with Crippen LogP contribution in [0.3, 0.4) is 0 Å². The number of aromatic hydroxyl groups is 1. The third-order valence-electron chi connectivity index (χ3n) is 2.86. The summed E-state index contributed by atoms with van der Waals surface area (Å²) in [4.78, 5) is 11.6. The molecule has 0 saturated carbocycles. The lowest BCUT2D eigenvalue weighted by Gasteiger charge is -2.16. The lowest BCUT2D eigenvalue weighted by molar-refractivity contribution is 0.0592. The van der Waals surface area contributed by atoms with Crippen molar-refractivity contribution in [2.75, 3.05) is 0 Å². The average molecular weight is 289 g/mol. The SMILES string of the molecule is CCn1c(O)c(N=NC(=O)OC(C)(C)C)c2ccccc21. The lowest BCUT2D eigenvalue weighted by Crippen LogP contribution is -2.21. The van der Waals surface area contributed by atoms with E-state index in [1.54, 1.807) is 25.3 Å². The number of carbonyl (C=O) groups is 1. The van der Waals surface area contributed by atoms with Crippen LogP contribution in [0, 0.1) is 0 Å². The zero-order valence-corrected chi connectivity index (χ0v) is 12.6. The Labute approximate surface area is 123 Å². The highest BCUT2D eigenvalue weighted by atomic mass is 16.6. The first-order chi connectivity index (χ1) is 9.83. The summed E-state index contributed by atoms with van der Waals surface area (Å²) < 4.78 is 6.76. The zero-order chi connectivity index (χ0) is 15.6. The highest BCUT2D eigenvalue weighted by Crippen LogP contribution is 2.38. The molecule has 0 saturated heterocycles. The van der Waals surface area contributed by atoms with Gasteiger partial charge in [-0.15, -0.1) is 5.11 Å². The quantitative estimate of drug-likeness (QED) is 0.833. The molecule has 112 valence electrons. The fraction of sp³-hybridized carbons (Fsp3) is 0.400. The minimum Gasteiger partial charge on any atom is -0.493 e. The predicted molar refractivity (Wildman–Crippen MR) is 80.0 cm³/mol. The molecule has 1 heterocycles. The summed E-state index contributed by atoms with van der Waals surface area (Å²) >= 11 is 0. The van der Waals surface area contributed by atoms with Crippen molar-refractivity contribution < 1.29 is 14.6 Å². The van der Waals surface area contributed by atoms with Crippen LogP contribution in [-0.4, -0.2) is 21.4 Å². The van der Waals surface area contributed by atoms with E-state index in [1.807, 2.05) is 31.2 Å². The number of para-hydroxylation sites is 1. The maximum atomic E-state index is 11.6. The lowest BCUT2D eigenvalue weighted by atomic mass is 10.2. The van der Waals surface area contributed by atoms with Crippen LogP contribution in [0.4, 0.5) is 10.5 Å². The van der Waals surface area contributed by atoms with E-state index in [0.717, 1.165) is 10.9 Å². The number of aromatic nitrogens is 1. The van der Waals surface area contributed by atoms with Gasteiger partial charge in [0.25, 0.3) is 0 Å². The van der Waals surface area contributed by atoms with Crippen LogP contribution in [0.15, 0.2) is 34.5 Å². The van der Waals surface area contributed by atoms with Gasteiger partial charge in [-0.1, -0.05) is 23.3 Å². The van der Waals surface area contributed by atoms with Crippen LogP contribution >= 0.6 is 0 Å². The first kappa shape index (κ1) is 15.0. The van der Waals surface area contributed by atoms with Crippen molar-refractivity contribution in [3.8, 4) is 5.88 Å². The van der Waals surface area contributed by atoms with Gasteiger partial charge in [0.2, 0.25) is 5.88 Å². The van der Waals surface area contributed by atoms with E-state index in [0.29, 0.717) is 6.54 Å². The Morgan fingerprint density at radius 2 is 2.00 bits per heavy atom. The normalized spacial score (nSPS) is 12.2. The average Bonchev–Trinajstić information content (AvgIpc) is 2.66. The molecule has 1 aromatic heterocycles. The minimum absolute atomic E-state index is 0.00833. The highest BCUT2D eigenvalue weighted by molar-refractivity contribution is 5.95. The molecule has 0 fully saturated rings. The van der Waals surface area contributed by atoms with Crippen molar-refractivity contribution in [1.82, 2.24) is 4.57 Å². The topological polar surface area (TPSA) is 76.2 Å². The number of fused-ring (bicyclic) bond motifs is 1. The van der Waals surface area contributed by atoms with Gasteiger partial charge in [0, 0.05) is 11.9 Å². The fourth-order valence-electron chi connectivity index (χ4n) is 2.06. The summed E-state index contributed by atoms with van der Waals surface area (Å²) in [5.74, 6) is -0.00833. The second kappa shape index (κ2) is 5.55. The van der Waals surface area contributed by atoms with Crippen LogP contribution in [-0.2, 0) is 11.3 Å².